The van der Waals surface area contributed by atoms with Gasteiger partial charge in [0.25, 0.3) is 5.91 Å². The summed E-state index contributed by atoms with van der Waals surface area (Å²) in [5.41, 5.74) is 0.641. The van der Waals surface area contributed by atoms with Gasteiger partial charge in [-0.1, -0.05) is 11.6 Å². The number of hydrogen-bond acceptors (Lipinski definition) is 2. The first kappa shape index (κ1) is 14.1. The van der Waals surface area contributed by atoms with Gasteiger partial charge >= 0.3 is 0 Å². The Balaban J connectivity index is 2.05. The summed E-state index contributed by atoms with van der Waals surface area (Å²) in [6, 6.07) is 5.54. The molecule has 0 aromatic heterocycles. The van der Waals surface area contributed by atoms with Crippen molar-refractivity contribution in [1.29, 1.82) is 0 Å². The SMILES string of the molecule is CC1CC(NC(=O)c2cc(Cl)ccc2I)CCO1. The molecule has 1 N–H and O–H groups in total. The van der Waals surface area contributed by atoms with Crippen molar-refractivity contribution < 1.29 is 9.53 Å². The number of hydrogen-bond donors (Lipinski definition) is 1. The zero-order valence-electron chi connectivity index (χ0n) is 10.1. The summed E-state index contributed by atoms with van der Waals surface area (Å²) < 4.78 is 6.38. The van der Waals surface area contributed by atoms with Crippen molar-refractivity contribution in [2.75, 3.05) is 6.61 Å². The Bertz CT molecular complexity index is 453. The topological polar surface area (TPSA) is 38.3 Å². The van der Waals surface area contributed by atoms with Crippen LogP contribution in [-0.2, 0) is 4.74 Å². The monoisotopic (exact) mass is 379 g/mol. The third-order valence-corrected chi connectivity index (χ3v) is 4.17. The molecule has 1 fully saturated rings. The van der Waals surface area contributed by atoms with Crippen molar-refractivity contribution in [2.24, 2.45) is 0 Å². The van der Waals surface area contributed by atoms with E-state index < -0.39 is 0 Å². The second kappa shape index (κ2) is 6.21. The van der Waals surface area contributed by atoms with Gasteiger partial charge in [0.05, 0.1) is 11.7 Å². The van der Waals surface area contributed by atoms with Gasteiger partial charge in [0.2, 0.25) is 0 Å². The van der Waals surface area contributed by atoms with E-state index in [1.54, 1.807) is 12.1 Å². The molecule has 1 saturated heterocycles. The molecular weight excluding hydrogens is 365 g/mol. The zero-order chi connectivity index (χ0) is 13.1. The molecule has 1 aliphatic heterocycles. The van der Waals surface area contributed by atoms with Crippen molar-refractivity contribution in [3.05, 3.63) is 32.4 Å². The quantitative estimate of drug-likeness (QED) is 0.801. The zero-order valence-corrected chi connectivity index (χ0v) is 13.0. The van der Waals surface area contributed by atoms with Gasteiger partial charge in [-0.2, -0.15) is 0 Å². The van der Waals surface area contributed by atoms with Gasteiger partial charge in [-0.3, -0.25) is 4.79 Å². The number of nitrogens with one attached hydrogen (secondary N) is 1. The predicted molar refractivity (Wildman–Crippen MR) is 80.1 cm³/mol. The second-order valence-electron chi connectivity index (χ2n) is 4.50. The van der Waals surface area contributed by atoms with Crippen LogP contribution in [0.15, 0.2) is 18.2 Å². The Kier molecular flexibility index (Phi) is 4.86. The lowest BCUT2D eigenvalue weighted by molar-refractivity contribution is 0.0136. The minimum Gasteiger partial charge on any atom is -0.378 e. The van der Waals surface area contributed by atoms with Crippen LogP contribution in [0.1, 0.15) is 30.1 Å². The van der Waals surface area contributed by atoms with Gasteiger partial charge in [0.1, 0.15) is 0 Å². The third-order valence-electron chi connectivity index (χ3n) is 2.99. The van der Waals surface area contributed by atoms with Crippen LogP contribution in [0.25, 0.3) is 0 Å². The number of ether oxygens (including phenoxy) is 1. The van der Waals surface area contributed by atoms with E-state index in [0.29, 0.717) is 17.2 Å². The summed E-state index contributed by atoms with van der Waals surface area (Å²) in [6.07, 6.45) is 1.94. The lowest BCUT2D eigenvalue weighted by atomic mass is 10.0. The number of carbonyl (C=O) groups is 1. The van der Waals surface area contributed by atoms with Crippen LogP contribution in [0.3, 0.4) is 0 Å². The highest BCUT2D eigenvalue weighted by atomic mass is 127. The van der Waals surface area contributed by atoms with Crippen LogP contribution >= 0.6 is 34.2 Å². The smallest absolute Gasteiger partial charge is 0.252 e. The minimum atomic E-state index is -0.0546. The van der Waals surface area contributed by atoms with E-state index in [2.05, 4.69) is 27.9 Å². The Hall–Kier alpha value is -0.330. The minimum absolute atomic E-state index is 0.0546. The molecule has 1 aromatic rings. The Morgan fingerprint density at radius 3 is 3.06 bits per heavy atom. The molecule has 2 atom stereocenters. The van der Waals surface area contributed by atoms with Crippen molar-refractivity contribution in [2.45, 2.75) is 31.9 Å². The van der Waals surface area contributed by atoms with E-state index in [-0.39, 0.29) is 18.1 Å². The van der Waals surface area contributed by atoms with Crippen molar-refractivity contribution in [3.8, 4) is 0 Å². The summed E-state index contributed by atoms with van der Waals surface area (Å²) in [7, 11) is 0. The Labute approximate surface area is 125 Å². The number of rotatable bonds is 2. The summed E-state index contributed by atoms with van der Waals surface area (Å²) in [5.74, 6) is -0.0546. The standard InChI is InChI=1S/C13H15ClINO2/c1-8-6-10(4-5-18-8)16-13(17)11-7-9(14)2-3-12(11)15/h2-3,7-8,10H,4-6H2,1H3,(H,16,17). The van der Waals surface area contributed by atoms with E-state index >= 15 is 0 Å². The maximum Gasteiger partial charge on any atom is 0.252 e. The van der Waals surface area contributed by atoms with Crippen molar-refractivity contribution in [1.82, 2.24) is 5.32 Å². The molecule has 1 aliphatic rings. The molecule has 1 aromatic carbocycles. The fraction of sp³-hybridized carbons (Fsp3) is 0.462. The lowest BCUT2D eigenvalue weighted by Gasteiger charge is -2.28. The molecule has 18 heavy (non-hydrogen) atoms. The third kappa shape index (κ3) is 3.59. The first-order valence-electron chi connectivity index (χ1n) is 5.94. The molecule has 0 spiro atoms. The van der Waals surface area contributed by atoms with Crippen molar-refractivity contribution >= 4 is 40.1 Å². The Morgan fingerprint density at radius 1 is 1.56 bits per heavy atom. The van der Waals surface area contributed by atoms with Gasteiger partial charge in [-0.05, 0) is 60.6 Å². The van der Waals surface area contributed by atoms with Gasteiger partial charge in [0.15, 0.2) is 0 Å². The number of carbonyl (C=O) groups excluding carboxylic acids is 1. The number of benzene rings is 1. The molecule has 0 radical (unpaired) electrons. The van der Waals surface area contributed by atoms with E-state index in [1.165, 1.54) is 0 Å². The molecule has 5 heteroatoms. The molecule has 1 amide bonds. The fourth-order valence-electron chi connectivity index (χ4n) is 2.06. The van der Waals surface area contributed by atoms with Crippen LogP contribution in [0.5, 0.6) is 0 Å². The first-order chi connectivity index (χ1) is 8.56. The largest absolute Gasteiger partial charge is 0.378 e. The predicted octanol–water partition coefficient (Wildman–Crippen LogP) is 3.24. The summed E-state index contributed by atoms with van der Waals surface area (Å²) in [6.45, 7) is 2.74. The average Bonchev–Trinajstić information content (AvgIpc) is 2.32. The first-order valence-corrected chi connectivity index (χ1v) is 7.39. The number of amides is 1. The highest BCUT2D eigenvalue weighted by Crippen LogP contribution is 2.19. The summed E-state index contributed by atoms with van der Waals surface area (Å²) in [5, 5.41) is 3.64. The van der Waals surface area contributed by atoms with Crippen LogP contribution in [0.4, 0.5) is 0 Å². The van der Waals surface area contributed by atoms with Gasteiger partial charge < -0.3 is 10.1 Å². The van der Waals surface area contributed by atoms with Crippen LogP contribution in [0, 0.1) is 3.57 Å². The molecule has 2 unspecified atom stereocenters. The molecule has 2 rings (SSSR count). The van der Waals surface area contributed by atoms with Crippen LogP contribution in [0.2, 0.25) is 5.02 Å². The van der Waals surface area contributed by atoms with E-state index in [4.69, 9.17) is 16.3 Å². The van der Waals surface area contributed by atoms with Gasteiger partial charge in [-0.25, -0.2) is 0 Å². The number of halogens is 2. The molecule has 0 bridgehead atoms. The van der Waals surface area contributed by atoms with Gasteiger partial charge in [-0.15, -0.1) is 0 Å². The van der Waals surface area contributed by atoms with E-state index in [1.807, 2.05) is 13.0 Å². The fourth-order valence-corrected chi connectivity index (χ4v) is 2.82. The van der Waals surface area contributed by atoms with E-state index in [0.717, 1.165) is 16.4 Å². The highest BCUT2D eigenvalue weighted by Gasteiger charge is 2.22. The molecule has 0 saturated carbocycles. The summed E-state index contributed by atoms with van der Waals surface area (Å²) in [4.78, 5) is 12.2. The molecule has 98 valence electrons. The Morgan fingerprint density at radius 2 is 2.33 bits per heavy atom. The van der Waals surface area contributed by atoms with E-state index in [9.17, 15) is 4.79 Å². The average molecular weight is 380 g/mol. The molecular formula is C13H15ClINO2. The molecule has 1 heterocycles. The normalized spacial score (nSPS) is 23.7. The molecule has 3 nitrogen and oxygen atoms in total. The highest BCUT2D eigenvalue weighted by molar-refractivity contribution is 14.1. The maximum atomic E-state index is 12.2. The molecule has 0 aliphatic carbocycles. The summed E-state index contributed by atoms with van der Waals surface area (Å²) >= 11 is 8.07. The van der Waals surface area contributed by atoms with Crippen molar-refractivity contribution in [3.63, 3.8) is 0 Å². The maximum absolute atomic E-state index is 12.2. The lowest BCUT2D eigenvalue weighted by Crippen LogP contribution is -2.41. The van der Waals surface area contributed by atoms with Crippen LogP contribution in [-0.4, -0.2) is 24.7 Å². The van der Waals surface area contributed by atoms with Crippen LogP contribution < -0.4 is 5.32 Å². The second-order valence-corrected chi connectivity index (χ2v) is 6.10. The van der Waals surface area contributed by atoms with Gasteiger partial charge in [0, 0.05) is 21.2 Å².